The van der Waals surface area contributed by atoms with E-state index in [2.05, 4.69) is 0 Å². The van der Waals surface area contributed by atoms with E-state index in [0.29, 0.717) is 5.75 Å². The number of aliphatic hydroxyl groups is 1. The van der Waals surface area contributed by atoms with Gasteiger partial charge in [0.15, 0.2) is 0 Å². The third-order valence-electron chi connectivity index (χ3n) is 2.91. The summed E-state index contributed by atoms with van der Waals surface area (Å²) < 4.78 is 34.1. The molecule has 2 aromatic carbocycles. The third-order valence-corrected chi connectivity index (χ3v) is 4.21. The van der Waals surface area contributed by atoms with Crippen LogP contribution in [0.1, 0.15) is 5.56 Å². The number of hydrogen-bond acceptors (Lipinski definition) is 5. The van der Waals surface area contributed by atoms with Crippen LogP contribution in [0.5, 0.6) is 5.75 Å². The van der Waals surface area contributed by atoms with E-state index < -0.39 is 16.2 Å². The Bertz CT molecular complexity index is 680. The molecule has 0 aliphatic rings. The van der Waals surface area contributed by atoms with Gasteiger partial charge in [0.2, 0.25) is 0 Å². The fourth-order valence-electron chi connectivity index (χ4n) is 1.70. The maximum atomic E-state index is 11.9. The molecule has 22 heavy (non-hydrogen) atoms. The minimum atomic E-state index is -3.87. The molecule has 1 atom stereocenters. The number of para-hydroxylation sites is 1. The third kappa shape index (κ3) is 4.84. The van der Waals surface area contributed by atoms with Crippen LogP contribution in [0.4, 0.5) is 0 Å². The van der Waals surface area contributed by atoms with E-state index in [1.165, 1.54) is 12.1 Å². The lowest BCUT2D eigenvalue weighted by Crippen LogP contribution is -2.25. The maximum absolute atomic E-state index is 11.9. The minimum Gasteiger partial charge on any atom is -0.491 e. The molecule has 0 bridgehead atoms. The molecule has 0 spiro atoms. The Balaban J connectivity index is 1.85. The molecule has 0 fully saturated rings. The van der Waals surface area contributed by atoms with E-state index in [0.717, 1.165) is 5.56 Å². The number of aliphatic hydroxyl groups excluding tert-OH is 1. The molecule has 118 valence electrons. The standard InChI is InChI=1S/C16H18O5S/c1-13-7-9-16(10-8-13)22(18,19)21-12-14(17)11-20-15-5-3-2-4-6-15/h2-10,14,17H,11-12H2,1H3. The quantitative estimate of drug-likeness (QED) is 0.791. The summed E-state index contributed by atoms with van der Waals surface area (Å²) in [6.45, 7) is 1.46. The first-order valence-corrected chi connectivity index (χ1v) is 8.20. The first-order valence-electron chi connectivity index (χ1n) is 6.79. The van der Waals surface area contributed by atoms with E-state index in [1.807, 2.05) is 13.0 Å². The highest BCUT2D eigenvalue weighted by molar-refractivity contribution is 7.86. The van der Waals surface area contributed by atoms with Gasteiger partial charge in [0.1, 0.15) is 18.5 Å². The Kier molecular flexibility index (Phi) is 5.54. The van der Waals surface area contributed by atoms with E-state index in [4.69, 9.17) is 8.92 Å². The molecule has 2 aromatic rings. The largest absolute Gasteiger partial charge is 0.491 e. The Hall–Kier alpha value is -1.89. The van der Waals surface area contributed by atoms with Crippen LogP contribution in [0.3, 0.4) is 0 Å². The lowest BCUT2D eigenvalue weighted by molar-refractivity contribution is 0.0648. The van der Waals surface area contributed by atoms with Crippen LogP contribution < -0.4 is 4.74 Å². The van der Waals surface area contributed by atoms with Gasteiger partial charge in [-0.25, -0.2) is 0 Å². The fraction of sp³-hybridized carbons (Fsp3) is 0.250. The Morgan fingerprint density at radius 1 is 1.00 bits per heavy atom. The first kappa shape index (κ1) is 16.5. The summed E-state index contributed by atoms with van der Waals surface area (Å²) in [6, 6.07) is 15.3. The van der Waals surface area contributed by atoms with Crippen molar-refractivity contribution < 1.29 is 22.4 Å². The summed E-state index contributed by atoms with van der Waals surface area (Å²) >= 11 is 0. The van der Waals surface area contributed by atoms with Gasteiger partial charge in [-0.05, 0) is 31.2 Å². The summed E-state index contributed by atoms with van der Waals surface area (Å²) in [5, 5.41) is 9.75. The summed E-state index contributed by atoms with van der Waals surface area (Å²) in [5.41, 5.74) is 0.954. The van der Waals surface area contributed by atoms with Crippen LogP contribution in [0.2, 0.25) is 0 Å². The van der Waals surface area contributed by atoms with Gasteiger partial charge in [-0.1, -0.05) is 35.9 Å². The highest BCUT2D eigenvalue weighted by Crippen LogP contribution is 2.14. The molecule has 6 heteroatoms. The molecule has 0 aliphatic heterocycles. The van der Waals surface area contributed by atoms with E-state index >= 15 is 0 Å². The van der Waals surface area contributed by atoms with Gasteiger partial charge >= 0.3 is 0 Å². The smallest absolute Gasteiger partial charge is 0.297 e. The molecule has 0 saturated carbocycles. The zero-order chi connectivity index (χ0) is 16.0. The van der Waals surface area contributed by atoms with Crippen molar-refractivity contribution >= 4 is 10.1 Å². The monoisotopic (exact) mass is 322 g/mol. The fourth-order valence-corrected chi connectivity index (χ4v) is 2.64. The molecule has 5 nitrogen and oxygen atoms in total. The van der Waals surface area contributed by atoms with Crippen molar-refractivity contribution in [3.05, 3.63) is 60.2 Å². The molecule has 0 amide bonds. The second kappa shape index (κ2) is 7.40. The van der Waals surface area contributed by atoms with Crippen LogP contribution in [0, 0.1) is 6.92 Å². The molecule has 0 radical (unpaired) electrons. The molecule has 0 heterocycles. The normalized spacial score (nSPS) is 12.8. The van der Waals surface area contributed by atoms with Crippen molar-refractivity contribution in [1.29, 1.82) is 0 Å². The van der Waals surface area contributed by atoms with E-state index in [-0.39, 0.29) is 18.1 Å². The van der Waals surface area contributed by atoms with Gasteiger partial charge in [-0.15, -0.1) is 0 Å². The predicted molar refractivity (Wildman–Crippen MR) is 82.3 cm³/mol. The maximum Gasteiger partial charge on any atom is 0.297 e. The lowest BCUT2D eigenvalue weighted by atomic mass is 10.2. The predicted octanol–water partition coefficient (Wildman–Crippen LogP) is 2.14. The van der Waals surface area contributed by atoms with Crippen molar-refractivity contribution in [2.24, 2.45) is 0 Å². The molecule has 0 saturated heterocycles. The van der Waals surface area contributed by atoms with Crippen LogP contribution in [0.25, 0.3) is 0 Å². The van der Waals surface area contributed by atoms with Gasteiger partial charge in [-0.2, -0.15) is 8.42 Å². The number of benzene rings is 2. The molecule has 1 N–H and O–H groups in total. The number of hydrogen-bond donors (Lipinski definition) is 1. The van der Waals surface area contributed by atoms with Gasteiger partial charge in [0.05, 0.1) is 11.5 Å². The highest BCUT2D eigenvalue weighted by Gasteiger charge is 2.17. The highest BCUT2D eigenvalue weighted by atomic mass is 32.2. The SMILES string of the molecule is Cc1ccc(S(=O)(=O)OCC(O)COc2ccccc2)cc1. The zero-order valence-electron chi connectivity index (χ0n) is 12.2. The van der Waals surface area contributed by atoms with Gasteiger partial charge < -0.3 is 9.84 Å². The van der Waals surface area contributed by atoms with Crippen LogP contribution in [0.15, 0.2) is 59.5 Å². The topological polar surface area (TPSA) is 72.8 Å². The zero-order valence-corrected chi connectivity index (χ0v) is 13.0. The number of ether oxygens (including phenoxy) is 1. The summed E-state index contributed by atoms with van der Waals surface area (Å²) in [6.07, 6.45) is -1.04. The Labute approximate surface area is 130 Å². The second-order valence-electron chi connectivity index (χ2n) is 4.83. The molecule has 0 aliphatic carbocycles. The minimum absolute atomic E-state index is 0.0482. The summed E-state index contributed by atoms with van der Waals surface area (Å²) in [4.78, 5) is 0.0641. The molecular weight excluding hydrogens is 304 g/mol. The average Bonchev–Trinajstić information content (AvgIpc) is 2.52. The van der Waals surface area contributed by atoms with Gasteiger partial charge in [0, 0.05) is 0 Å². The Morgan fingerprint density at radius 3 is 2.27 bits per heavy atom. The lowest BCUT2D eigenvalue weighted by Gasteiger charge is -2.13. The van der Waals surface area contributed by atoms with Crippen molar-refractivity contribution in [1.82, 2.24) is 0 Å². The van der Waals surface area contributed by atoms with Crippen molar-refractivity contribution in [3.8, 4) is 5.75 Å². The molecule has 0 aromatic heterocycles. The first-order chi connectivity index (χ1) is 10.5. The van der Waals surface area contributed by atoms with Gasteiger partial charge in [0.25, 0.3) is 10.1 Å². The number of aryl methyl sites for hydroxylation is 1. The average molecular weight is 322 g/mol. The van der Waals surface area contributed by atoms with E-state index in [1.54, 1.807) is 36.4 Å². The Morgan fingerprint density at radius 2 is 1.64 bits per heavy atom. The number of rotatable bonds is 7. The molecular formula is C16H18O5S. The van der Waals surface area contributed by atoms with Crippen molar-refractivity contribution in [3.63, 3.8) is 0 Å². The van der Waals surface area contributed by atoms with E-state index in [9.17, 15) is 13.5 Å². The van der Waals surface area contributed by atoms with Crippen molar-refractivity contribution in [2.75, 3.05) is 13.2 Å². The van der Waals surface area contributed by atoms with Gasteiger partial charge in [-0.3, -0.25) is 4.18 Å². The molecule has 1 unspecified atom stereocenters. The molecule has 2 rings (SSSR count). The second-order valence-corrected chi connectivity index (χ2v) is 6.44. The van der Waals surface area contributed by atoms with Crippen LogP contribution in [-0.2, 0) is 14.3 Å². The van der Waals surface area contributed by atoms with Crippen molar-refractivity contribution in [2.45, 2.75) is 17.9 Å². The van der Waals surface area contributed by atoms with Crippen LogP contribution >= 0.6 is 0 Å². The summed E-state index contributed by atoms with van der Waals surface area (Å²) in [7, 11) is -3.87. The summed E-state index contributed by atoms with van der Waals surface area (Å²) in [5.74, 6) is 0.600. The van der Waals surface area contributed by atoms with Crippen LogP contribution in [-0.4, -0.2) is 32.8 Å².